The molecule has 44 heavy (non-hydrogen) atoms. The summed E-state index contributed by atoms with van der Waals surface area (Å²) in [6, 6.07) is 31.4. The monoisotopic (exact) mass is 606 g/mol. The average molecular weight is 607 g/mol. The summed E-state index contributed by atoms with van der Waals surface area (Å²) in [6.07, 6.45) is 0. The zero-order valence-electron chi connectivity index (χ0n) is 24.4. The van der Waals surface area contributed by atoms with Gasteiger partial charge in [-0.15, -0.1) is 5.10 Å². The van der Waals surface area contributed by atoms with E-state index in [0.29, 0.717) is 46.0 Å². The van der Waals surface area contributed by atoms with E-state index in [1.807, 2.05) is 73.7 Å². The lowest BCUT2D eigenvalue weighted by atomic mass is 9.95. The molecule has 1 aliphatic rings. The van der Waals surface area contributed by atoms with Crippen molar-refractivity contribution in [3.63, 3.8) is 0 Å². The van der Waals surface area contributed by atoms with Crippen molar-refractivity contribution in [3.05, 3.63) is 148 Å². The van der Waals surface area contributed by atoms with Crippen molar-refractivity contribution in [2.75, 3.05) is 5.32 Å². The van der Waals surface area contributed by atoms with Crippen LogP contribution in [0, 0.1) is 12.7 Å². The zero-order valence-corrected chi connectivity index (χ0v) is 25.2. The van der Waals surface area contributed by atoms with E-state index in [9.17, 15) is 9.18 Å². The quantitative estimate of drug-likeness (QED) is 0.129. The number of aryl methyl sites for hydroxylation is 1. The SMILES string of the molecule is CC1=C(C(=O)OCc2ccccc2)C(c2ccc(OCc3ccc(C)cc3)cc2)n2nc(SCc3ccccc3F)nc2N1. The van der Waals surface area contributed by atoms with Gasteiger partial charge in [-0.1, -0.05) is 102 Å². The van der Waals surface area contributed by atoms with Crippen LogP contribution in [0.15, 0.2) is 120 Å². The molecule has 0 saturated carbocycles. The van der Waals surface area contributed by atoms with Gasteiger partial charge < -0.3 is 14.8 Å². The first-order valence-electron chi connectivity index (χ1n) is 14.2. The lowest BCUT2D eigenvalue weighted by Gasteiger charge is -2.28. The molecule has 0 aliphatic carbocycles. The van der Waals surface area contributed by atoms with Crippen LogP contribution in [0.5, 0.6) is 5.75 Å². The molecule has 0 amide bonds. The predicted molar refractivity (Wildman–Crippen MR) is 169 cm³/mol. The van der Waals surface area contributed by atoms with E-state index in [1.165, 1.54) is 23.4 Å². The van der Waals surface area contributed by atoms with E-state index in [2.05, 4.69) is 29.4 Å². The number of aromatic nitrogens is 3. The van der Waals surface area contributed by atoms with Gasteiger partial charge in [0.1, 0.15) is 30.8 Å². The highest BCUT2D eigenvalue weighted by Crippen LogP contribution is 2.38. The Balaban J connectivity index is 1.27. The average Bonchev–Trinajstić information content (AvgIpc) is 3.45. The van der Waals surface area contributed by atoms with Crippen molar-refractivity contribution in [2.45, 2.75) is 44.0 Å². The number of carbonyl (C=O) groups excluding carboxylic acids is 1. The van der Waals surface area contributed by atoms with E-state index in [-0.39, 0.29) is 12.4 Å². The fourth-order valence-electron chi connectivity index (χ4n) is 4.92. The Labute approximate surface area is 259 Å². The molecule has 4 aromatic carbocycles. The Morgan fingerprint density at radius 2 is 1.59 bits per heavy atom. The Hall–Kier alpha value is -4.89. The van der Waals surface area contributed by atoms with Gasteiger partial charge in [-0.05, 0) is 54.3 Å². The van der Waals surface area contributed by atoms with Gasteiger partial charge >= 0.3 is 5.97 Å². The number of hydrogen-bond donors (Lipinski definition) is 1. The van der Waals surface area contributed by atoms with Crippen molar-refractivity contribution in [1.29, 1.82) is 0 Å². The molecule has 1 unspecified atom stereocenters. The van der Waals surface area contributed by atoms with Crippen molar-refractivity contribution in [2.24, 2.45) is 0 Å². The summed E-state index contributed by atoms with van der Waals surface area (Å²) in [5, 5.41) is 8.45. The van der Waals surface area contributed by atoms with Gasteiger partial charge in [0.2, 0.25) is 11.1 Å². The topological polar surface area (TPSA) is 78.3 Å². The van der Waals surface area contributed by atoms with Crippen LogP contribution in [0.2, 0.25) is 0 Å². The highest BCUT2D eigenvalue weighted by Gasteiger charge is 2.35. The fourth-order valence-corrected chi connectivity index (χ4v) is 5.74. The molecule has 1 N–H and O–H groups in total. The van der Waals surface area contributed by atoms with E-state index in [0.717, 1.165) is 16.7 Å². The summed E-state index contributed by atoms with van der Waals surface area (Å²) in [5.74, 6) is 0.836. The molecule has 7 nitrogen and oxygen atoms in total. The Morgan fingerprint density at radius 1 is 0.886 bits per heavy atom. The third-order valence-electron chi connectivity index (χ3n) is 7.30. The van der Waals surface area contributed by atoms with Gasteiger partial charge in [-0.3, -0.25) is 0 Å². The molecular formula is C35H31FN4O3S. The molecule has 0 bridgehead atoms. The summed E-state index contributed by atoms with van der Waals surface area (Å²) < 4.78 is 27.8. The number of ether oxygens (including phenoxy) is 2. The molecule has 0 spiro atoms. The minimum absolute atomic E-state index is 0.142. The minimum atomic E-state index is -0.601. The van der Waals surface area contributed by atoms with Crippen molar-refractivity contribution < 1.29 is 18.7 Å². The van der Waals surface area contributed by atoms with Crippen LogP contribution in [0.3, 0.4) is 0 Å². The molecule has 6 rings (SSSR count). The van der Waals surface area contributed by atoms with Crippen LogP contribution < -0.4 is 10.1 Å². The van der Waals surface area contributed by atoms with Crippen LogP contribution in [-0.4, -0.2) is 20.7 Å². The smallest absolute Gasteiger partial charge is 0.338 e. The fraction of sp³-hybridized carbons (Fsp3) is 0.171. The van der Waals surface area contributed by atoms with Gasteiger partial charge in [-0.2, -0.15) is 4.98 Å². The highest BCUT2D eigenvalue weighted by atomic mass is 32.2. The standard InChI is InChI=1S/C35H31FN4O3S/c1-23-12-14-26(15-13-23)20-42-29-18-16-27(17-19-29)32-31(33(41)43-21-25-8-4-3-5-9-25)24(2)37-34-38-35(39-40(32)34)44-22-28-10-6-7-11-30(28)36/h3-19,32H,20-22H2,1-2H3,(H,37,38,39). The molecule has 222 valence electrons. The molecular weight excluding hydrogens is 575 g/mol. The van der Waals surface area contributed by atoms with Crippen LogP contribution in [0.4, 0.5) is 10.3 Å². The number of anilines is 1. The van der Waals surface area contributed by atoms with Crippen LogP contribution in [0.25, 0.3) is 0 Å². The molecule has 9 heteroatoms. The molecule has 1 aromatic heterocycles. The Kier molecular flexibility index (Phi) is 8.74. The molecule has 5 aromatic rings. The van der Waals surface area contributed by atoms with Gasteiger partial charge in [0.15, 0.2) is 0 Å². The molecule has 1 aliphatic heterocycles. The number of benzene rings is 4. The number of fused-ring (bicyclic) bond motifs is 1. The number of hydrogen-bond acceptors (Lipinski definition) is 7. The lowest BCUT2D eigenvalue weighted by Crippen LogP contribution is -2.29. The number of carbonyl (C=O) groups is 1. The van der Waals surface area contributed by atoms with Crippen LogP contribution >= 0.6 is 11.8 Å². The number of nitrogens with one attached hydrogen (secondary N) is 1. The third kappa shape index (κ3) is 6.68. The molecule has 0 fully saturated rings. The number of thioether (sulfide) groups is 1. The predicted octanol–water partition coefficient (Wildman–Crippen LogP) is 7.63. The van der Waals surface area contributed by atoms with E-state index < -0.39 is 12.0 Å². The second-order valence-electron chi connectivity index (χ2n) is 10.5. The number of rotatable bonds is 10. The maximum absolute atomic E-state index is 14.2. The first kappa shape index (κ1) is 29.2. The van der Waals surface area contributed by atoms with E-state index >= 15 is 0 Å². The number of nitrogens with zero attached hydrogens (tertiary/aromatic N) is 3. The van der Waals surface area contributed by atoms with Crippen molar-refractivity contribution >= 4 is 23.7 Å². The van der Waals surface area contributed by atoms with Gasteiger partial charge in [0.05, 0.1) is 5.57 Å². The zero-order chi connectivity index (χ0) is 30.5. The summed E-state index contributed by atoms with van der Waals surface area (Å²) in [4.78, 5) is 18.3. The second kappa shape index (κ2) is 13.2. The normalized spacial score (nSPS) is 14.1. The first-order chi connectivity index (χ1) is 21.4. The molecule has 0 saturated heterocycles. The van der Waals surface area contributed by atoms with Gasteiger partial charge in [0.25, 0.3) is 0 Å². The first-order valence-corrected chi connectivity index (χ1v) is 15.2. The second-order valence-corrected chi connectivity index (χ2v) is 11.5. The molecule has 0 radical (unpaired) electrons. The van der Waals surface area contributed by atoms with E-state index in [1.54, 1.807) is 22.9 Å². The Morgan fingerprint density at radius 3 is 2.34 bits per heavy atom. The maximum atomic E-state index is 14.2. The van der Waals surface area contributed by atoms with Crippen LogP contribution in [-0.2, 0) is 28.5 Å². The van der Waals surface area contributed by atoms with Crippen molar-refractivity contribution in [3.8, 4) is 5.75 Å². The van der Waals surface area contributed by atoms with Crippen molar-refractivity contribution in [1.82, 2.24) is 14.8 Å². The van der Waals surface area contributed by atoms with Crippen LogP contribution in [0.1, 0.15) is 40.8 Å². The third-order valence-corrected chi connectivity index (χ3v) is 8.19. The molecule has 1 atom stereocenters. The summed E-state index contributed by atoms with van der Waals surface area (Å²) >= 11 is 1.33. The number of esters is 1. The number of halogens is 1. The highest BCUT2D eigenvalue weighted by molar-refractivity contribution is 7.98. The summed E-state index contributed by atoms with van der Waals surface area (Å²) in [7, 11) is 0. The maximum Gasteiger partial charge on any atom is 0.338 e. The largest absolute Gasteiger partial charge is 0.489 e. The van der Waals surface area contributed by atoms with Gasteiger partial charge in [0, 0.05) is 11.4 Å². The summed E-state index contributed by atoms with van der Waals surface area (Å²) in [5.41, 5.74) is 5.60. The summed E-state index contributed by atoms with van der Waals surface area (Å²) in [6.45, 7) is 4.47. The number of allylic oxidation sites excluding steroid dienone is 1. The Bertz CT molecular complexity index is 1790. The van der Waals surface area contributed by atoms with E-state index in [4.69, 9.17) is 14.6 Å². The van der Waals surface area contributed by atoms with Gasteiger partial charge in [-0.25, -0.2) is 13.9 Å². The molecule has 2 heterocycles. The lowest BCUT2D eigenvalue weighted by molar-refractivity contribution is -0.140. The minimum Gasteiger partial charge on any atom is -0.489 e.